The number of carbonyl (C=O) groups excluding carboxylic acids is 2. The van der Waals surface area contributed by atoms with Gasteiger partial charge in [0.05, 0.1) is 11.9 Å². The number of anilines is 1. The van der Waals surface area contributed by atoms with Crippen molar-refractivity contribution in [2.75, 3.05) is 24.2 Å². The van der Waals surface area contributed by atoms with E-state index in [2.05, 4.69) is 5.32 Å². The van der Waals surface area contributed by atoms with Gasteiger partial charge in [0.1, 0.15) is 11.9 Å². The third-order valence-electron chi connectivity index (χ3n) is 4.88. The molecule has 9 heteroatoms. The van der Waals surface area contributed by atoms with Gasteiger partial charge in [-0.3, -0.25) is 13.9 Å². The zero-order valence-corrected chi connectivity index (χ0v) is 18.7. The maximum Gasteiger partial charge on any atom is 0.242 e. The van der Waals surface area contributed by atoms with Crippen LogP contribution in [0.5, 0.6) is 0 Å². The van der Waals surface area contributed by atoms with Crippen molar-refractivity contribution >= 4 is 27.5 Å². The van der Waals surface area contributed by atoms with E-state index in [1.54, 1.807) is 6.92 Å². The number of benzene rings is 2. The van der Waals surface area contributed by atoms with Crippen LogP contribution in [0.25, 0.3) is 0 Å². The summed E-state index contributed by atoms with van der Waals surface area (Å²) >= 11 is 0. The van der Waals surface area contributed by atoms with Crippen LogP contribution in [0.3, 0.4) is 0 Å². The summed E-state index contributed by atoms with van der Waals surface area (Å²) in [6, 6.07) is 13.8. The van der Waals surface area contributed by atoms with Crippen molar-refractivity contribution in [1.82, 2.24) is 10.2 Å². The summed E-state index contributed by atoms with van der Waals surface area (Å²) in [5.41, 5.74) is 1.21. The van der Waals surface area contributed by atoms with E-state index in [0.29, 0.717) is 5.69 Å². The molecule has 168 valence electrons. The molecule has 31 heavy (non-hydrogen) atoms. The monoisotopic (exact) mass is 449 g/mol. The van der Waals surface area contributed by atoms with E-state index in [0.717, 1.165) is 16.1 Å². The number of nitrogens with zero attached hydrogens (tertiary/aromatic N) is 2. The highest BCUT2D eigenvalue weighted by Crippen LogP contribution is 2.19. The lowest BCUT2D eigenvalue weighted by Gasteiger charge is -2.29. The van der Waals surface area contributed by atoms with Gasteiger partial charge in [-0.15, -0.1) is 0 Å². The molecule has 0 radical (unpaired) electrons. The summed E-state index contributed by atoms with van der Waals surface area (Å²) in [4.78, 5) is 26.6. The van der Waals surface area contributed by atoms with Crippen LogP contribution in [0.15, 0.2) is 54.6 Å². The van der Waals surface area contributed by atoms with Crippen LogP contribution in [-0.2, 0) is 26.2 Å². The number of carbonyl (C=O) groups is 2. The van der Waals surface area contributed by atoms with Gasteiger partial charge in [0.25, 0.3) is 0 Å². The van der Waals surface area contributed by atoms with Crippen LogP contribution < -0.4 is 9.62 Å². The first kappa shape index (κ1) is 24.3. The minimum Gasteiger partial charge on any atom is -0.357 e. The second kappa shape index (κ2) is 10.9. The summed E-state index contributed by atoms with van der Waals surface area (Å²) in [5.74, 6) is -1.01. The van der Waals surface area contributed by atoms with Gasteiger partial charge in [-0.05, 0) is 43.2 Å². The van der Waals surface area contributed by atoms with Crippen molar-refractivity contribution in [1.29, 1.82) is 0 Å². The van der Waals surface area contributed by atoms with E-state index >= 15 is 0 Å². The molecule has 0 aromatic heterocycles. The molecule has 0 saturated heterocycles. The minimum atomic E-state index is -3.61. The molecule has 0 aliphatic heterocycles. The highest BCUT2D eigenvalue weighted by atomic mass is 32.2. The van der Waals surface area contributed by atoms with E-state index in [1.165, 1.54) is 36.2 Å². The zero-order valence-electron chi connectivity index (χ0n) is 17.9. The number of amides is 2. The molecule has 1 N–H and O–H groups in total. The first-order chi connectivity index (χ1) is 14.6. The lowest BCUT2D eigenvalue weighted by molar-refractivity contribution is -0.140. The average Bonchev–Trinajstić information content (AvgIpc) is 2.74. The summed E-state index contributed by atoms with van der Waals surface area (Å²) < 4.78 is 38.7. The van der Waals surface area contributed by atoms with Crippen molar-refractivity contribution in [3.63, 3.8) is 0 Å². The lowest BCUT2D eigenvalue weighted by atomic mass is 10.1. The van der Waals surface area contributed by atoms with Gasteiger partial charge in [-0.1, -0.05) is 30.3 Å². The number of rotatable bonds is 10. The Hall–Kier alpha value is -2.94. The summed E-state index contributed by atoms with van der Waals surface area (Å²) in [7, 11) is -2.10. The summed E-state index contributed by atoms with van der Waals surface area (Å²) in [5, 5.41) is 2.56. The first-order valence-electron chi connectivity index (χ1n) is 9.91. The second-order valence-corrected chi connectivity index (χ2v) is 9.12. The Balaban J connectivity index is 2.11. The lowest BCUT2D eigenvalue weighted by Crippen LogP contribution is -2.46. The van der Waals surface area contributed by atoms with Crippen molar-refractivity contribution in [2.45, 2.75) is 32.4 Å². The first-order valence-corrected chi connectivity index (χ1v) is 11.8. The molecule has 0 aliphatic carbocycles. The van der Waals surface area contributed by atoms with E-state index in [1.807, 2.05) is 30.3 Å². The van der Waals surface area contributed by atoms with Crippen molar-refractivity contribution < 1.29 is 22.4 Å². The SMILES string of the molecule is CNC(=O)[C@H](C)N(Cc1ccccc1)C(=O)CCCN(c1ccc(F)cc1)S(C)(=O)=O. The molecular formula is C22H28FN3O4S. The Morgan fingerprint density at radius 1 is 1.06 bits per heavy atom. The smallest absolute Gasteiger partial charge is 0.242 e. The maximum absolute atomic E-state index is 13.2. The zero-order chi connectivity index (χ0) is 23.0. The quantitative estimate of drug-likeness (QED) is 0.604. The number of likely N-dealkylation sites (N-methyl/N-ethyl adjacent to an activating group) is 1. The van der Waals surface area contributed by atoms with Crippen molar-refractivity contribution in [3.05, 3.63) is 66.0 Å². The number of hydrogen-bond donors (Lipinski definition) is 1. The van der Waals surface area contributed by atoms with Crippen molar-refractivity contribution in [2.24, 2.45) is 0 Å². The molecule has 2 aromatic rings. The summed E-state index contributed by atoms with van der Waals surface area (Å²) in [6.45, 7) is 1.98. The molecule has 0 unspecified atom stereocenters. The Morgan fingerprint density at radius 2 is 1.68 bits per heavy atom. The Bertz CT molecular complexity index is 982. The molecule has 1 atom stereocenters. The topological polar surface area (TPSA) is 86.8 Å². The molecule has 0 bridgehead atoms. The van der Waals surface area contributed by atoms with E-state index in [-0.39, 0.29) is 37.7 Å². The number of hydrogen-bond acceptors (Lipinski definition) is 4. The van der Waals surface area contributed by atoms with Crippen LogP contribution in [-0.4, -0.2) is 51.0 Å². The van der Waals surface area contributed by atoms with E-state index in [9.17, 15) is 22.4 Å². The fraction of sp³-hybridized carbons (Fsp3) is 0.364. The van der Waals surface area contributed by atoms with Gasteiger partial charge < -0.3 is 10.2 Å². The molecule has 0 heterocycles. The molecule has 7 nitrogen and oxygen atoms in total. The fourth-order valence-corrected chi connectivity index (χ4v) is 4.15. The predicted molar refractivity (Wildman–Crippen MR) is 118 cm³/mol. The average molecular weight is 450 g/mol. The molecule has 0 aliphatic rings. The summed E-state index contributed by atoms with van der Waals surface area (Å²) in [6.07, 6.45) is 1.37. The highest BCUT2D eigenvalue weighted by Gasteiger charge is 2.26. The molecule has 0 fully saturated rings. The number of nitrogens with one attached hydrogen (secondary N) is 1. The van der Waals surface area contributed by atoms with Gasteiger partial charge in [0.2, 0.25) is 21.8 Å². The van der Waals surface area contributed by atoms with Gasteiger partial charge >= 0.3 is 0 Å². The molecule has 2 aromatic carbocycles. The van der Waals surface area contributed by atoms with Gasteiger partial charge in [-0.2, -0.15) is 0 Å². The van der Waals surface area contributed by atoms with Crippen molar-refractivity contribution in [3.8, 4) is 0 Å². The maximum atomic E-state index is 13.2. The number of halogens is 1. The largest absolute Gasteiger partial charge is 0.357 e. The van der Waals surface area contributed by atoms with Crippen LogP contribution in [0.2, 0.25) is 0 Å². The van der Waals surface area contributed by atoms with Crippen LogP contribution in [0, 0.1) is 5.82 Å². The third-order valence-corrected chi connectivity index (χ3v) is 6.07. The van der Waals surface area contributed by atoms with Gasteiger partial charge in [0.15, 0.2) is 0 Å². The Kier molecular flexibility index (Phi) is 8.56. The number of sulfonamides is 1. The fourth-order valence-electron chi connectivity index (χ4n) is 3.18. The normalized spacial score (nSPS) is 12.1. The standard InChI is InChI=1S/C22H28FN3O4S/c1-17(22(28)24-2)25(16-18-8-5-4-6-9-18)21(27)10-7-15-26(31(3,29)30)20-13-11-19(23)12-14-20/h4-6,8-9,11-14,17H,7,10,15-16H2,1-3H3,(H,24,28)/t17-/m0/s1. The second-order valence-electron chi connectivity index (χ2n) is 7.21. The highest BCUT2D eigenvalue weighted by molar-refractivity contribution is 7.92. The van der Waals surface area contributed by atoms with E-state index in [4.69, 9.17) is 0 Å². The Morgan fingerprint density at radius 3 is 2.23 bits per heavy atom. The predicted octanol–water partition coefficient (Wildman–Crippen LogP) is 2.54. The Labute approximate surface area is 182 Å². The molecular weight excluding hydrogens is 421 g/mol. The van der Waals surface area contributed by atoms with Crippen LogP contribution in [0.1, 0.15) is 25.3 Å². The van der Waals surface area contributed by atoms with Gasteiger partial charge in [0, 0.05) is 26.6 Å². The van der Waals surface area contributed by atoms with Crippen LogP contribution in [0.4, 0.5) is 10.1 Å². The van der Waals surface area contributed by atoms with E-state index < -0.39 is 21.9 Å². The molecule has 2 rings (SSSR count). The van der Waals surface area contributed by atoms with Crippen LogP contribution >= 0.6 is 0 Å². The molecule has 0 saturated carbocycles. The van der Waals surface area contributed by atoms with Gasteiger partial charge in [-0.25, -0.2) is 12.8 Å². The molecule has 2 amide bonds. The molecule has 0 spiro atoms. The third kappa shape index (κ3) is 7.06. The minimum absolute atomic E-state index is 0.0569.